The van der Waals surface area contributed by atoms with Crippen LogP contribution in [0.15, 0.2) is 30.3 Å². The molecular weight excluding hydrogens is 258 g/mol. The molecule has 0 heterocycles. The summed E-state index contributed by atoms with van der Waals surface area (Å²) in [6.45, 7) is 0. The van der Waals surface area contributed by atoms with Crippen LogP contribution in [0.1, 0.15) is 50.1 Å². The summed E-state index contributed by atoms with van der Waals surface area (Å²) in [5.41, 5.74) is 1.08. The lowest BCUT2D eigenvalue weighted by Gasteiger charge is -2.17. The van der Waals surface area contributed by atoms with Crippen molar-refractivity contribution in [2.24, 2.45) is 5.92 Å². The van der Waals surface area contributed by atoms with Gasteiger partial charge in [0.15, 0.2) is 0 Å². The highest BCUT2D eigenvalue weighted by atomic mass is 35.5. The Balaban J connectivity index is 1.79. The molecule has 0 aliphatic heterocycles. The third kappa shape index (κ3) is 4.54. The topological polar surface area (TPSA) is 29.1 Å². The van der Waals surface area contributed by atoms with E-state index in [1.165, 1.54) is 25.7 Å². The number of amides is 1. The molecule has 2 nitrogen and oxygen atoms in total. The van der Waals surface area contributed by atoms with Gasteiger partial charge in [-0.1, -0.05) is 56.0 Å². The Labute approximate surface area is 120 Å². The second kappa shape index (κ2) is 7.54. The highest BCUT2D eigenvalue weighted by Gasteiger charge is 2.18. The van der Waals surface area contributed by atoms with E-state index in [1.807, 2.05) is 30.3 Å². The van der Waals surface area contributed by atoms with Crippen LogP contribution in [0.2, 0.25) is 0 Å². The van der Waals surface area contributed by atoms with Crippen molar-refractivity contribution >= 4 is 17.5 Å². The van der Waals surface area contributed by atoms with Crippen LogP contribution in [0.25, 0.3) is 0 Å². The Bertz CT molecular complexity index is 387. The van der Waals surface area contributed by atoms with Crippen LogP contribution in [0, 0.1) is 5.92 Å². The standard InChI is InChI=1S/C16H22ClNO/c17-12-15(14-8-2-1-3-9-14)18-16(19)11-10-13-6-4-5-7-13/h1-3,8-9,13,15H,4-7,10-12H2,(H,18,19). The second-order valence-corrected chi connectivity index (χ2v) is 5.68. The van der Waals surface area contributed by atoms with Crippen LogP contribution >= 0.6 is 11.6 Å². The zero-order valence-electron chi connectivity index (χ0n) is 11.3. The zero-order valence-corrected chi connectivity index (χ0v) is 12.0. The molecule has 1 aromatic carbocycles. The molecular formula is C16H22ClNO. The van der Waals surface area contributed by atoms with Crippen molar-refractivity contribution in [2.45, 2.75) is 44.6 Å². The average Bonchev–Trinajstić information content (AvgIpc) is 2.97. The van der Waals surface area contributed by atoms with Crippen molar-refractivity contribution in [3.05, 3.63) is 35.9 Å². The van der Waals surface area contributed by atoms with Gasteiger partial charge in [0, 0.05) is 12.3 Å². The Morgan fingerprint density at radius 1 is 1.26 bits per heavy atom. The smallest absolute Gasteiger partial charge is 0.220 e. The van der Waals surface area contributed by atoms with E-state index < -0.39 is 0 Å². The third-order valence-electron chi connectivity index (χ3n) is 3.95. The van der Waals surface area contributed by atoms with E-state index in [-0.39, 0.29) is 11.9 Å². The molecule has 1 aliphatic carbocycles. The Morgan fingerprint density at radius 3 is 2.58 bits per heavy atom. The maximum Gasteiger partial charge on any atom is 0.220 e. The van der Waals surface area contributed by atoms with E-state index in [1.54, 1.807) is 0 Å². The highest BCUT2D eigenvalue weighted by molar-refractivity contribution is 6.18. The lowest BCUT2D eigenvalue weighted by atomic mass is 10.0. The first-order chi connectivity index (χ1) is 9.29. The molecule has 3 heteroatoms. The Kier molecular flexibility index (Phi) is 5.71. The first kappa shape index (κ1) is 14.4. The van der Waals surface area contributed by atoms with E-state index >= 15 is 0 Å². The fraction of sp³-hybridized carbons (Fsp3) is 0.562. The van der Waals surface area contributed by atoms with Gasteiger partial charge in [-0.2, -0.15) is 0 Å². The molecule has 1 amide bonds. The summed E-state index contributed by atoms with van der Waals surface area (Å²) in [7, 11) is 0. The lowest BCUT2D eigenvalue weighted by Crippen LogP contribution is -2.29. The van der Waals surface area contributed by atoms with Gasteiger partial charge in [-0.15, -0.1) is 11.6 Å². The molecule has 1 aromatic rings. The summed E-state index contributed by atoms with van der Waals surface area (Å²) in [5.74, 6) is 1.30. The lowest BCUT2D eigenvalue weighted by molar-refractivity contribution is -0.122. The van der Waals surface area contributed by atoms with Crippen molar-refractivity contribution in [1.82, 2.24) is 5.32 Å². The monoisotopic (exact) mass is 279 g/mol. The molecule has 0 radical (unpaired) electrons. The molecule has 1 saturated carbocycles. The van der Waals surface area contributed by atoms with Crippen molar-refractivity contribution in [3.63, 3.8) is 0 Å². The maximum atomic E-state index is 12.0. The fourth-order valence-corrected chi connectivity index (χ4v) is 3.05. The molecule has 2 rings (SSSR count). The van der Waals surface area contributed by atoms with Crippen LogP contribution in [0.3, 0.4) is 0 Å². The summed E-state index contributed by atoms with van der Waals surface area (Å²) >= 11 is 5.96. The van der Waals surface area contributed by atoms with Crippen LogP contribution in [0.5, 0.6) is 0 Å². The molecule has 104 valence electrons. The number of halogens is 1. The Hall–Kier alpha value is -1.02. The van der Waals surface area contributed by atoms with E-state index in [0.717, 1.165) is 17.9 Å². The number of rotatable bonds is 6. The quantitative estimate of drug-likeness (QED) is 0.782. The van der Waals surface area contributed by atoms with Crippen LogP contribution in [0.4, 0.5) is 0 Å². The van der Waals surface area contributed by atoms with Crippen LogP contribution in [-0.4, -0.2) is 11.8 Å². The minimum atomic E-state index is -0.0704. The van der Waals surface area contributed by atoms with Gasteiger partial charge in [0.2, 0.25) is 5.91 Å². The summed E-state index contributed by atoms with van der Waals surface area (Å²) in [6.07, 6.45) is 6.91. The van der Waals surface area contributed by atoms with Gasteiger partial charge in [0.05, 0.1) is 6.04 Å². The number of nitrogens with one attached hydrogen (secondary N) is 1. The van der Waals surface area contributed by atoms with Gasteiger partial charge in [-0.25, -0.2) is 0 Å². The van der Waals surface area contributed by atoms with Gasteiger partial charge in [0.25, 0.3) is 0 Å². The molecule has 0 saturated heterocycles. The van der Waals surface area contributed by atoms with Gasteiger partial charge < -0.3 is 5.32 Å². The summed E-state index contributed by atoms with van der Waals surface area (Å²) < 4.78 is 0. The highest BCUT2D eigenvalue weighted by Crippen LogP contribution is 2.28. The zero-order chi connectivity index (χ0) is 13.5. The van der Waals surface area contributed by atoms with Crippen molar-refractivity contribution < 1.29 is 4.79 Å². The molecule has 1 atom stereocenters. The predicted octanol–water partition coefficient (Wildman–Crippen LogP) is 4.05. The summed E-state index contributed by atoms with van der Waals surface area (Å²) in [4.78, 5) is 12.0. The molecule has 1 aliphatic rings. The Morgan fingerprint density at radius 2 is 1.95 bits per heavy atom. The number of alkyl halides is 1. The van der Waals surface area contributed by atoms with Crippen LogP contribution in [-0.2, 0) is 4.79 Å². The number of carbonyl (C=O) groups is 1. The molecule has 0 aromatic heterocycles. The molecule has 1 N–H and O–H groups in total. The fourth-order valence-electron chi connectivity index (χ4n) is 2.80. The van der Waals surface area contributed by atoms with E-state index in [0.29, 0.717) is 12.3 Å². The van der Waals surface area contributed by atoms with Gasteiger partial charge in [-0.05, 0) is 17.9 Å². The first-order valence-electron chi connectivity index (χ1n) is 7.20. The minimum Gasteiger partial charge on any atom is -0.348 e. The largest absolute Gasteiger partial charge is 0.348 e. The minimum absolute atomic E-state index is 0.0704. The van der Waals surface area contributed by atoms with Gasteiger partial charge >= 0.3 is 0 Å². The number of hydrogen-bond donors (Lipinski definition) is 1. The van der Waals surface area contributed by atoms with E-state index in [4.69, 9.17) is 11.6 Å². The van der Waals surface area contributed by atoms with Gasteiger partial charge in [0.1, 0.15) is 0 Å². The van der Waals surface area contributed by atoms with Gasteiger partial charge in [-0.3, -0.25) is 4.79 Å². The van der Waals surface area contributed by atoms with Crippen LogP contribution < -0.4 is 5.32 Å². The predicted molar refractivity (Wildman–Crippen MR) is 79.2 cm³/mol. The normalized spacial score (nSPS) is 17.3. The number of benzene rings is 1. The van der Waals surface area contributed by atoms with Crippen molar-refractivity contribution in [2.75, 3.05) is 5.88 Å². The summed E-state index contributed by atoms with van der Waals surface area (Å²) in [6, 6.07) is 9.85. The average molecular weight is 280 g/mol. The van der Waals surface area contributed by atoms with E-state index in [2.05, 4.69) is 5.32 Å². The van der Waals surface area contributed by atoms with Crippen molar-refractivity contribution in [3.8, 4) is 0 Å². The second-order valence-electron chi connectivity index (χ2n) is 5.37. The number of carbonyl (C=O) groups excluding carboxylic acids is 1. The number of hydrogen-bond acceptors (Lipinski definition) is 1. The first-order valence-corrected chi connectivity index (χ1v) is 7.73. The molecule has 1 fully saturated rings. The molecule has 0 bridgehead atoms. The molecule has 1 unspecified atom stereocenters. The molecule has 0 spiro atoms. The SMILES string of the molecule is O=C(CCC1CCCC1)NC(CCl)c1ccccc1. The van der Waals surface area contributed by atoms with Crippen molar-refractivity contribution in [1.29, 1.82) is 0 Å². The maximum absolute atomic E-state index is 12.0. The summed E-state index contributed by atoms with van der Waals surface area (Å²) in [5, 5.41) is 3.04. The van der Waals surface area contributed by atoms with E-state index in [9.17, 15) is 4.79 Å². The third-order valence-corrected chi connectivity index (χ3v) is 4.25. The molecule has 19 heavy (non-hydrogen) atoms.